The van der Waals surface area contributed by atoms with Gasteiger partial charge in [-0.15, -0.1) is 5.10 Å². The topological polar surface area (TPSA) is 80.9 Å². The van der Waals surface area contributed by atoms with Crippen LogP contribution in [-0.2, 0) is 4.79 Å². The fraction of sp³-hybridized carbons (Fsp3) is 0.625. The van der Waals surface area contributed by atoms with Crippen molar-refractivity contribution in [3.05, 3.63) is 6.20 Å². The first-order valence-electron chi connectivity index (χ1n) is 4.54. The van der Waals surface area contributed by atoms with Gasteiger partial charge in [0.15, 0.2) is 0 Å². The summed E-state index contributed by atoms with van der Waals surface area (Å²) < 4.78 is 3.65. The van der Waals surface area contributed by atoms with Gasteiger partial charge in [0.05, 0.1) is 6.20 Å². The molecule has 0 saturated heterocycles. The Morgan fingerprint density at radius 1 is 1.71 bits per heavy atom. The van der Waals surface area contributed by atoms with Gasteiger partial charge in [0.25, 0.3) is 0 Å². The molecular formula is C8H12N4OS. The highest BCUT2D eigenvalue weighted by atomic mass is 32.1. The van der Waals surface area contributed by atoms with E-state index in [1.165, 1.54) is 17.7 Å². The summed E-state index contributed by atoms with van der Waals surface area (Å²) >= 11 is 1.17. The molecule has 1 aromatic rings. The molecule has 0 aliphatic heterocycles. The predicted octanol–water partition coefficient (Wildman–Crippen LogP) is 0.748. The SMILES string of the molecule is NC1(CC(=O)Nc2cnns2)CCC1. The third-order valence-electron chi connectivity index (χ3n) is 2.49. The molecule has 0 unspecified atom stereocenters. The van der Waals surface area contributed by atoms with Gasteiger partial charge >= 0.3 is 0 Å². The number of aromatic nitrogens is 2. The van der Waals surface area contributed by atoms with Gasteiger partial charge < -0.3 is 11.1 Å². The molecule has 1 saturated carbocycles. The summed E-state index contributed by atoms with van der Waals surface area (Å²) in [4.78, 5) is 11.5. The number of carbonyl (C=O) groups is 1. The average Bonchev–Trinajstić information content (AvgIpc) is 2.53. The largest absolute Gasteiger partial charge is 0.325 e. The van der Waals surface area contributed by atoms with Crippen molar-refractivity contribution < 1.29 is 4.79 Å². The molecule has 1 heterocycles. The van der Waals surface area contributed by atoms with Crippen LogP contribution in [0.5, 0.6) is 0 Å². The molecule has 1 aliphatic carbocycles. The number of hydrogen-bond acceptors (Lipinski definition) is 5. The van der Waals surface area contributed by atoms with Gasteiger partial charge in [-0.05, 0) is 19.3 Å². The second-order valence-corrected chi connectivity index (χ2v) is 4.51. The highest BCUT2D eigenvalue weighted by Crippen LogP contribution is 2.32. The van der Waals surface area contributed by atoms with Crippen LogP contribution in [0.15, 0.2) is 6.20 Å². The third-order valence-corrected chi connectivity index (χ3v) is 3.07. The van der Waals surface area contributed by atoms with E-state index in [-0.39, 0.29) is 11.4 Å². The second kappa shape index (κ2) is 3.62. The van der Waals surface area contributed by atoms with Gasteiger partial charge in [-0.1, -0.05) is 4.49 Å². The number of amides is 1. The fourth-order valence-corrected chi connectivity index (χ4v) is 1.97. The van der Waals surface area contributed by atoms with Crippen molar-refractivity contribution in [3.8, 4) is 0 Å². The maximum atomic E-state index is 11.5. The van der Waals surface area contributed by atoms with Crippen molar-refractivity contribution in [2.24, 2.45) is 5.73 Å². The van der Waals surface area contributed by atoms with E-state index >= 15 is 0 Å². The van der Waals surface area contributed by atoms with E-state index in [0.29, 0.717) is 11.4 Å². The Balaban J connectivity index is 1.84. The van der Waals surface area contributed by atoms with Gasteiger partial charge in [0.2, 0.25) is 5.91 Å². The summed E-state index contributed by atoms with van der Waals surface area (Å²) in [6.07, 6.45) is 4.95. The van der Waals surface area contributed by atoms with E-state index < -0.39 is 0 Å². The summed E-state index contributed by atoms with van der Waals surface area (Å²) in [5.74, 6) is -0.0433. The Hall–Kier alpha value is -1.01. The lowest BCUT2D eigenvalue weighted by atomic mass is 9.75. The van der Waals surface area contributed by atoms with E-state index in [1.54, 1.807) is 0 Å². The van der Waals surface area contributed by atoms with Crippen LogP contribution in [-0.4, -0.2) is 21.0 Å². The van der Waals surface area contributed by atoms with E-state index in [4.69, 9.17) is 5.73 Å². The number of anilines is 1. The van der Waals surface area contributed by atoms with Crippen molar-refractivity contribution in [3.63, 3.8) is 0 Å². The first kappa shape index (κ1) is 9.54. The minimum absolute atomic E-state index is 0.0433. The summed E-state index contributed by atoms with van der Waals surface area (Å²) in [6.45, 7) is 0. The highest BCUT2D eigenvalue weighted by Gasteiger charge is 2.34. The van der Waals surface area contributed by atoms with Crippen LogP contribution in [0.4, 0.5) is 5.00 Å². The third kappa shape index (κ3) is 2.08. The quantitative estimate of drug-likeness (QED) is 0.774. The van der Waals surface area contributed by atoms with E-state index in [2.05, 4.69) is 14.9 Å². The van der Waals surface area contributed by atoms with Crippen molar-refractivity contribution >= 4 is 22.4 Å². The van der Waals surface area contributed by atoms with Gasteiger partial charge in [0.1, 0.15) is 5.00 Å². The fourth-order valence-electron chi connectivity index (χ4n) is 1.53. The zero-order chi connectivity index (χ0) is 10.0. The van der Waals surface area contributed by atoms with Crippen LogP contribution < -0.4 is 11.1 Å². The maximum Gasteiger partial charge on any atom is 0.226 e. The molecule has 6 heteroatoms. The molecule has 3 N–H and O–H groups in total. The molecule has 0 atom stereocenters. The van der Waals surface area contributed by atoms with Crippen molar-refractivity contribution in [1.29, 1.82) is 0 Å². The molecule has 5 nitrogen and oxygen atoms in total. The molecule has 0 bridgehead atoms. The van der Waals surface area contributed by atoms with Gasteiger partial charge in [0, 0.05) is 23.5 Å². The zero-order valence-electron chi connectivity index (χ0n) is 7.69. The van der Waals surface area contributed by atoms with Crippen LogP contribution in [0.1, 0.15) is 25.7 Å². The van der Waals surface area contributed by atoms with Crippen molar-refractivity contribution in [2.75, 3.05) is 5.32 Å². The molecule has 2 rings (SSSR count). The summed E-state index contributed by atoms with van der Waals surface area (Å²) in [6, 6.07) is 0. The number of hydrogen-bond donors (Lipinski definition) is 2. The normalized spacial score (nSPS) is 18.6. The molecule has 1 amide bonds. The molecular weight excluding hydrogens is 200 g/mol. The lowest BCUT2D eigenvalue weighted by Gasteiger charge is -2.37. The predicted molar refractivity (Wildman–Crippen MR) is 53.9 cm³/mol. The highest BCUT2D eigenvalue weighted by molar-refractivity contribution is 7.10. The van der Waals surface area contributed by atoms with Crippen LogP contribution in [0.25, 0.3) is 0 Å². The molecule has 0 spiro atoms. The smallest absolute Gasteiger partial charge is 0.226 e. The molecule has 14 heavy (non-hydrogen) atoms. The Labute approximate surface area is 85.9 Å². The molecule has 76 valence electrons. The van der Waals surface area contributed by atoms with Gasteiger partial charge in [-0.25, -0.2) is 0 Å². The molecule has 1 aromatic heterocycles. The Bertz CT molecular complexity index is 320. The minimum atomic E-state index is -0.262. The second-order valence-electron chi connectivity index (χ2n) is 3.72. The molecule has 1 aliphatic rings. The summed E-state index contributed by atoms with van der Waals surface area (Å²) in [7, 11) is 0. The lowest BCUT2D eigenvalue weighted by molar-refractivity contribution is -0.118. The summed E-state index contributed by atoms with van der Waals surface area (Å²) in [5, 5.41) is 7.03. The summed E-state index contributed by atoms with van der Waals surface area (Å²) in [5.41, 5.74) is 5.68. The number of carbonyl (C=O) groups excluding carboxylic acids is 1. The Kier molecular flexibility index (Phi) is 2.47. The van der Waals surface area contributed by atoms with Gasteiger partial charge in [-0.3, -0.25) is 4.79 Å². The monoisotopic (exact) mass is 212 g/mol. The number of rotatable bonds is 3. The van der Waals surface area contributed by atoms with E-state index in [0.717, 1.165) is 19.3 Å². The zero-order valence-corrected chi connectivity index (χ0v) is 8.51. The Morgan fingerprint density at radius 3 is 3.00 bits per heavy atom. The average molecular weight is 212 g/mol. The van der Waals surface area contributed by atoms with Gasteiger partial charge in [-0.2, -0.15) is 0 Å². The van der Waals surface area contributed by atoms with Crippen LogP contribution in [0.3, 0.4) is 0 Å². The van der Waals surface area contributed by atoms with E-state index in [1.807, 2.05) is 0 Å². The first-order chi connectivity index (χ1) is 6.68. The van der Waals surface area contributed by atoms with E-state index in [9.17, 15) is 4.79 Å². The number of nitrogens with zero attached hydrogens (tertiary/aromatic N) is 2. The van der Waals surface area contributed by atoms with Crippen molar-refractivity contribution in [2.45, 2.75) is 31.2 Å². The minimum Gasteiger partial charge on any atom is -0.325 e. The maximum absolute atomic E-state index is 11.5. The number of nitrogens with two attached hydrogens (primary N) is 1. The van der Waals surface area contributed by atoms with Crippen LogP contribution >= 0.6 is 11.5 Å². The molecule has 1 fully saturated rings. The van der Waals surface area contributed by atoms with Crippen LogP contribution in [0.2, 0.25) is 0 Å². The molecule has 0 aromatic carbocycles. The number of nitrogens with one attached hydrogen (secondary N) is 1. The standard InChI is InChI=1S/C8H12N4OS/c9-8(2-1-3-8)4-6(13)11-7-5-10-12-14-7/h5H,1-4,9H2,(H,11,13). The molecule has 0 radical (unpaired) electrons. The first-order valence-corrected chi connectivity index (χ1v) is 5.31. The van der Waals surface area contributed by atoms with Crippen molar-refractivity contribution in [1.82, 2.24) is 9.59 Å². The lowest BCUT2D eigenvalue weighted by Crippen LogP contribution is -2.48. The van der Waals surface area contributed by atoms with Crippen LogP contribution in [0, 0.1) is 0 Å². The Morgan fingerprint density at radius 2 is 2.50 bits per heavy atom.